The number of nitrogens with zero attached hydrogens (tertiary/aromatic N) is 4. The van der Waals surface area contributed by atoms with Crippen LogP contribution in [0.25, 0.3) is 16.7 Å². The van der Waals surface area contributed by atoms with E-state index >= 15 is 0 Å². The molecule has 1 aliphatic rings. The van der Waals surface area contributed by atoms with Gasteiger partial charge >= 0.3 is 0 Å². The smallest absolute Gasteiger partial charge is 0.255 e. The Bertz CT molecular complexity index is 2360. The number of rotatable bonds is 14. The molecule has 0 unspecified atom stereocenters. The Hall–Kier alpha value is -6.90. The maximum Gasteiger partial charge on any atom is 0.255 e. The molecule has 17 nitrogen and oxygen atoms in total. The van der Waals surface area contributed by atoms with Crippen molar-refractivity contribution in [2.24, 2.45) is 16.9 Å². The number of fused-ring (bicyclic) bond motifs is 5. The Kier molecular flexibility index (Phi) is 17.1. The Morgan fingerprint density at radius 1 is 1.05 bits per heavy atom. The highest BCUT2D eigenvalue weighted by molar-refractivity contribution is 6.00. The van der Waals surface area contributed by atoms with Crippen molar-refractivity contribution >= 4 is 35.1 Å². The topological polar surface area (TPSA) is 268 Å². The van der Waals surface area contributed by atoms with Crippen molar-refractivity contribution in [3.8, 4) is 28.7 Å². The molecule has 2 aromatic carbocycles. The van der Waals surface area contributed by atoms with Gasteiger partial charge in [0.05, 0.1) is 23.0 Å². The quantitative estimate of drug-likeness (QED) is 0.0910. The molecule has 0 saturated carbocycles. The minimum absolute atomic E-state index is 0.0131. The van der Waals surface area contributed by atoms with E-state index in [1.54, 1.807) is 50.3 Å². The van der Waals surface area contributed by atoms with E-state index in [9.17, 15) is 29.1 Å². The molecule has 0 aliphatic carbocycles. The lowest BCUT2D eigenvalue weighted by molar-refractivity contribution is -0.141. The van der Waals surface area contributed by atoms with Crippen molar-refractivity contribution in [1.29, 1.82) is 5.26 Å². The largest absolute Gasteiger partial charge is 0.507 e. The summed E-state index contributed by atoms with van der Waals surface area (Å²) in [5.41, 5.74) is 15.7. The van der Waals surface area contributed by atoms with Crippen molar-refractivity contribution in [2.75, 3.05) is 33.3 Å². The number of phenolic OH excluding ortho intramolecular Hbond substituents is 1. The number of allylic oxidation sites excluding steroid dienone is 5. The SMILES string of the molecule is C=C/C(=C\C=C(/C)c1nc(C)c(C(=O)N[C@@H](CCN)C(=O)N(C)[C@@H]2C(=O)N[C@@H](C)C(=O)N[C@H](C(=O)NCC#N)Cc3ccc(O)c(c3)-c3cc2ccc3OCCN)c(C)n1)C(C)(C)C. The van der Waals surface area contributed by atoms with Crippen LogP contribution < -0.4 is 37.5 Å². The van der Waals surface area contributed by atoms with Gasteiger partial charge in [-0.3, -0.25) is 24.0 Å². The monoisotopic (exact) mass is 876 g/mol. The third-order valence-corrected chi connectivity index (χ3v) is 10.7. The molecule has 4 atom stereocenters. The number of benzene rings is 2. The van der Waals surface area contributed by atoms with Crippen LogP contribution in [0.3, 0.4) is 0 Å². The molecule has 2 heterocycles. The van der Waals surface area contributed by atoms with Gasteiger partial charge in [-0.2, -0.15) is 5.26 Å². The van der Waals surface area contributed by atoms with Crippen LogP contribution in [0.5, 0.6) is 11.5 Å². The van der Waals surface area contributed by atoms with Gasteiger partial charge in [0.2, 0.25) is 23.6 Å². The molecule has 0 saturated heterocycles. The fraction of sp³-hybridized carbons (Fsp3) is 0.404. The van der Waals surface area contributed by atoms with Crippen LogP contribution in [-0.4, -0.2) is 101 Å². The van der Waals surface area contributed by atoms with Crippen molar-refractivity contribution in [1.82, 2.24) is 36.1 Å². The van der Waals surface area contributed by atoms with Gasteiger partial charge in [-0.1, -0.05) is 57.7 Å². The van der Waals surface area contributed by atoms with Crippen LogP contribution in [0, 0.1) is 30.6 Å². The van der Waals surface area contributed by atoms with Crippen LogP contribution in [-0.2, 0) is 25.6 Å². The van der Waals surface area contributed by atoms with E-state index in [0.29, 0.717) is 34.1 Å². The van der Waals surface area contributed by atoms with Crippen molar-refractivity contribution in [3.63, 3.8) is 0 Å². The van der Waals surface area contributed by atoms with Crippen molar-refractivity contribution in [3.05, 3.63) is 101 Å². The fourth-order valence-corrected chi connectivity index (χ4v) is 7.21. The Morgan fingerprint density at radius 3 is 2.34 bits per heavy atom. The first-order valence-electron chi connectivity index (χ1n) is 20.9. The summed E-state index contributed by atoms with van der Waals surface area (Å²) in [5.74, 6) is -2.91. The molecule has 9 N–H and O–H groups in total. The summed E-state index contributed by atoms with van der Waals surface area (Å²) in [5, 5.41) is 30.9. The number of nitrogens with one attached hydrogen (secondary N) is 4. The predicted octanol–water partition coefficient (Wildman–Crippen LogP) is 3.20. The number of ether oxygens (including phenoxy) is 1. The van der Waals surface area contributed by atoms with Gasteiger partial charge in [0.1, 0.15) is 48.8 Å². The van der Waals surface area contributed by atoms with Gasteiger partial charge in [-0.05, 0) is 92.6 Å². The van der Waals surface area contributed by atoms with E-state index in [1.807, 2.05) is 25.1 Å². The second-order valence-electron chi connectivity index (χ2n) is 16.6. The summed E-state index contributed by atoms with van der Waals surface area (Å²) in [7, 11) is 1.39. The lowest BCUT2D eigenvalue weighted by Gasteiger charge is -2.32. The third-order valence-electron chi connectivity index (χ3n) is 10.7. The number of nitrogens with two attached hydrogens (primary N) is 2. The van der Waals surface area contributed by atoms with E-state index in [0.717, 1.165) is 16.0 Å². The molecule has 64 heavy (non-hydrogen) atoms. The summed E-state index contributed by atoms with van der Waals surface area (Å²) in [4.78, 5) is 80.3. The average Bonchev–Trinajstić information content (AvgIpc) is 3.23. The minimum atomic E-state index is -1.43. The van der Waals surface area contributed by atoms with Crippen LogP contribution in [0.1, 0.15) is 85.8 Å². The molecule has 1 aliphatic heterocycles. The number of carbonyl (C=O) groups is 5. The van der Waals surface area contributed by atoms with Gasteiger partial charge in [0, 0.05) is 31.1 Å². The van der Waals surface area contributed by atoms with Gasteiger partial charge in [0.15, 0.2) is 5.82 Å². The highest BCUT2D eigenvalue weighted by atomic mass is 16.5. The molecule has 4 rings (SSSR count). The lowest BCUT2D eigenvalue weighted by atomic mass is 9.86. The molecule has 1 aromatic heterocycles. The number of carbonyl (C=O) groups excluding carboxylic acids is 5. The summed E-state index contributed by atoms with van der Waals surface area (Å²) >= 11 is 0. The van der Waals surface area contributed by atoms with E-state index in [-0.39, 0.29) is 66.9 Å². The van der Waals surface area contributed by atoms with Gasteiger partial charge in [0.25, 0.3) is 5.91 Å². The van der Waals surface area contributed by atoms with Gasteiger partial charge < -0.3 is 47.5 Å². The summed E-state index contributed by atoms with van der Waals surface area (Å²) in [6.45, 7) is 16.8. The summed E-state index contributed by atoms with van der Waals surface area (Å²) in [6.07, 6.45) is 5.60. The minimum Gasteiger partial charge on any atom is -0.507 e. The number of aryl methyl sites for hydroxylation is 2. The van der Waals surface area contributed by atoms with Gasteiger partial charge in [-0.15, -0.1) is 0 Å². The van der Waals surface area contributed by atoms with Crippen LogP contribution in [0.2, 0.25) is 0 Å². The van der Waals surface area contributed by atoms with Crippen molar-refractivity contribution in [2.45, 2.75) is 85.5 Å². The molecule has 340 valence electrons. The molecule has 4 bridgehead atoms. The molecule has 5 amide bonds. The Balaban J connectivity index is 1.78. The highest BCUT2D eigenvalue weighted by Gasteiger charge is 2.36. The summed E-state index contributed by atoms with van der Waals surface area (Å²) in [6, 6.07) is 6.14. The predicted molar refractivity (Wildman–Crippen MR) is 243 cm³/mol. The molecular formula is C47H60N10O7. The number of aromatic hydroxyl groups is 1. The second-order valence-corrected chi connectivity index (χ2v) is 16.6. The number of hydrogen-bond donors (Lipinski definition) is 7. The zero-order valence-corrected chi connectivity index (χ0v) is 37.8. The van der Waals surface area contributed by atoms with Gasteiger partial charge in [-0.25, -0.2) is 9.97 Å². The molecule has 17 heteroatoms. The molecule has 0 fully saturated rings. The number of amides is 5. The second kappa shape index (κ2) is 21.9. The summed E-state index contributed by atoms with van der Waals surface area (Å²) < 4.78 is 5.98. The standard InChI is InChI=1S/C47H60N10O7/c1-10-32(47(6,7)8)14-11-26(2)41-52-27(3)39(28(4)53-41)44(61)55-35(17-18-48)46(63)57(9)40-31-13-16-38(64-22-20-50)34(25-31)33-23-30(12-15-37(33)58)24-36(43(60)51-21-19-49)56-42(59)29(5)54-45(40)62/h10-16,23,25,29,35-36,40,58H,1,17-18,20-22,24,48,50H2,2-9H3,(H,51,60)(H,54,62)(H,55,61)(H,56,59)/b26-11+,32-14+/t29-,35-,36-,40-/m0/s1. The van der Waals surface area contributed by atoms with E-state index in [2.05, 4.69) is 58.6 Å². The number of aromatic nitrogens is 2. The third kappa shape index (κ3) is 12.2. The first-order valence-corrected chi connectivity index (χ1v) is 20.9. The van der Waals surface area contributed by atoms with Crippen LogP contribution >= 0.6 is 0 Å². The fourth-order valence-electron chi connectivity index (χ4n) is 7.21. The maximum absolute atomic E-state index is 14.6. The van der Waals surface area contributed by atoms with Crippen LogP contribution in [0.15, 0.2) is 66.8 Å². The number of hydrogen-bond acceptors (Lipinski definition) is 12. The highest BCUT2D eigenvalue weighted by Crippen LogP contribution is 2.39. The molecule has 0 radical (unpaired) electrons. The first-order chi connectivity index (χ1) is 30.2. The average molecular weight is 877 g/mol. The van der Waals surface area contributed by atoms with E-state index in [1.165, 1.54) is 20.0 Å². The molecule has 3 aromatic rings. The zero-order chi connectivity index (χ0) is 47.5. The normalized spacial score (nSPS) is 17.4. The molecule has 0 spiro atoms. The number of likely N-dealkylation sites (N-methyl/N-ethyl adjacent to an activating group) is 1. The lowest BCUT2D eigenvalue weighted by Crippen LogP contribution is -2.56. The van der Waals surface area contributed by atoms with Crippen LogP contribution in [0.4, 0.5) is 0 Å². The Morgan fingerprint density at radius 2 is 1.73 bits per heavy atom. The van der Waals surface area contributed by atoms with E-state index < -0.39 is 53.7 Å². The number of phenols is 1. The zero-order valence-electron chi connectivity index (χ0n) is 37.8. The Labute approximate surface area is 374 Å². The van der Waals surface area contributed by atoms with E-state index in [4.69, 9.17) is 21.5 Å². The first kappa shape index (κ1) is 49.8. The number of nitriles is 1. The maximum atomic E-state index is 14.6. The molecular weight excluding hydrogens is 817 g/mol. The van der Waals surface area contributed by atoms with Crippen molar-refractivity contribution < 1.29 is 33.8 Å².